The summed E-state index contributed by atoms with van der Waals surface area (Å²) in [5, 5.41) is 33.1. The summed E-state index contributed by atoms with van der Waals surface area (Å²) in [6.07, 6.45) is 6.23. The number of rotatable bonds is 3. The van der Waals surface area contributed by atoms with Gasteiger partial charge in [0.1, 0.15) is 6.10 Å². The molecule has 14 atom stereocenters. The van der Waals surface area contributed by atoms with E-state index < -0.39 is 36.2 Å². The van der Waals surface area contributed by atoms with Crippen LogP contribution in [0.5, 0.6) is 0 Å². The van der Waals surface area contributed by atoms with Crippen LogP contribution in [0.1, 0.15) is 85.0 Å². The number of carbonyl (C=O) groups excluding carboxylic acids is 1. The molecular weight excluding hydrogens is 474 g/mol. The minimum atomic E-state index is -1.05. The maximum absolute atomic E-state index is 12.4. The van der Waals surface area contributed by atoms with Gasteiger partial charge < -0.3 is 35.3 Å². The average molecular weight is 522 g/mol. The van der Waals surface area contributed by atoms with Crippen molar-refractivity contribution >= 4 is 5.97 Å². The van der Waals surface area contributed by atoms with Gasteiger partial charge in [-0.05, 0) is 99.2 Å². The molecule has 6 fully saturated rings. The second kappa shape index (κ2) is 9.13. The zero-order valence-corrected chi connectivity index (χ0v) is 22.7. The highest BCUT2D eigenvalue weighted by Crippen LogP contribution is 2.70. The maximum atomic E-state index is 12.4. The summed E-state index contributed by atoms with van der Waals surface area (Å²) in [6, 6.07) is -0.778. The van der Waals surface area contributed by atoms with E-state index in [2.05, 4.69) is 13.8 Å². The molecule has 0 spiro atoms. The SMILES string of the molecule is C[C@H]1O[C@H](O[C@H]2CC[C@@]3(C)[C@H](CC[C@@H]4[C@@H]3CC[C@]3(C)[C@@H]([C@H]5COC(=O)C5)CC[C@]43O)C2)[C@@H](O)[C@H](N)[C@@H]1O. The van der Waals surface area contributed by atoms with Crippen LogP contribution in [0.3, 0.4) is 0 Å². The van der Waals surface area contributed by atoms with Crippen molar-refractivity contribution in [2.45, 2.75) is 127 Å². The first-order chi connectivity index (χ1) is 17.5. The van der Waals surface area contributed by atoms with Crippen LogP contribution in [0.15, 0.2) is 0 Å². The van der Waals surface area contributed by atoms with Gasteiger partial charge in [-0.3, -0.25) is 4.79 Å². The Kier molecular flexibility index (Phi) is 6.53. The lowest BCUT2D eigenvalue weighted by molar-refractivity contribution is -0.289. The van der Waals surface area contributed by atoms with Crippen molar-refractivity contribution in [2.24, 2.45) is 46.2 Å². The van der Waals surface area contributed by atoms with Gasteiger partial charge in [-0.25, -0.2) is 0 Å². The fourth-order valence-electron chi connectivity index (χ4n) is 10.3. The Morgan fingerprint density at radius 1 is 0.973 bits per heavy atom. The standard InChI is InChI=1S/C29H47NO7/c1-15-24(32)23(30)25(33)26(36-15)37-18-6-9-27(2)17(13-18)4-5-21-20(27)7-10-28(3)19(8-11-29(21,28)34)16-12-22(31)35-14-16/h15-21,23-26,32-34H,4-14,30H2,1-3H3/t15-,16-,17-,18+,19-,20+,21-,23-,24-,25+,26-,27+,28-,29+/m1/s1. The smallest absolute Gasteiger partial charge is 0.306 e. The zero-order valence-electron chi connectivity index (χ0n) is 22.7. The molecule has 4 saturated carbocycles. The van der Waals surface area contributed by atoms with Gasteiger partial charge in [-0.15, -0.1) is 0 Å². The van der Waals surface area contributed by atoms with Crippen LogP contribution >= 0.6 is 0 Å². The first kappa shape index (κ1) is 26.5. The molecule has 0 aromatic carbocycles. The maximum Gasteiger partial charge on any atom is 0.306 e. The summed E-state index contributed by atoms with van der Waals surface area (Å²) in [6.45, 7) is 7.04. The fraction of sp³-hybridized carbons (Fsp3) is 0.966. The second-order valence-corrected chi connectivity index (χ2v) is 14.0. The molecule has 6 rings (SSSR count). The van der Waals surface area contributed by atoms with Crippen LogP contribution in [-0.4, -0.2) is 70.2 Å². The topological polar surface area (TPSA) is 131 Å². The van der Waals surface area contributed by atoms with Crippen molar-refractivity contribution in [3.63, 3.8) is 0 Å². The molecule has 2 heterocycles. The highest BCUT2D eigenvalue weighted by atomic mass is 16.7. The summed E-state index contributed by atoms with van der Waals surface area (Å²) >= 11 is 0. The minimum Gasteiger partial charge on any atom is -0.465 e. The van der Waals surface area contributed by atoms with Crippen LogP contribution < -0.4 is 5.73 Å². The molecule has 37 heavy (non-hydrogen) atoms. The third-order valence-electron chi connectivity index (χ3n) is 12.6. The molecule has 4 aliphatic carbocycles. The molecule has 0 radical (unpaired) electrons. The normalized spacial score (nSPS) is 57.8. The summed E-state index contributed by atoms with van der Waals surface area (Å²) in [4.78, 5) is 11.9. The van der Waals surface area contributed by atoms with E-state index >= 15 is 0 Å². The van der Waals surface area contributed by atoms with Gasteiger partial charge in [0.2, 0.25) is 0 Å². The average Bonchev–Trinajstić information content (AvgIpc) is 3.41. The second-order valence-electron chi connectivity index (χ2n) is 14.0. The number of cyclic esters (lactones) is 1. The first-order valence-electron chi connectivity index (χ1n) is 14.8. The predicted octanol–water partition coefficient (Wildman–Crippen LogP) is 2.50. The van der Waals surface area contributed by atoms with Gasteiger partial charge in [0.25, 0.3) is 0 Å². The molecular formula is C29H47NO7. The number of aliphatic hydroxyl groups excluding tert-OH is 2. The number of ether oxygens (including phenoxy) is 3. The van der Waals surface area contributed by atoms with Gasteiger partial charge >= 0.3 is 5.97 Å². The summed E-state index contributed by atoms with van der Waals surface area (Å²) in [7, 11) is 0. The van der Waals surface area contributed by atoms with E-state index in [9.17, 15) is 20.1 Å². The number of fused-ring (bicyclic) bond motifs is 5. The van der Waals surface area contributed by atoms with Gasteiger partial charge in [-0.2, -0.15) is 0 Å². The van der Waals surface area contributed by atoms with Crippen LogP contribution in [0.2, 0.25) is 0 Å². The fourth-order valence-corrected chi connectivity index (χ4v) is 10.3. The van der Waals surface area contributed by atoms with E-state index in [4.69, 9.17) is 19.9 Å². The van der Waals surface area contributed by atoms with E-state index in [1.54, 1.807) is 6.92 Å². The molecule has 2 aliphatic heterocycles. The Balaban J connectivity index is 1.15. The van der Waals surface area contributed by atoms with Crippen molar-refractivity contribution in [2.75, 3.05) is 6.61 Å². The number of aliphatic hydroxyl groups is 3. The molecule has 2 saturated heterocycles. The summed E-state index contributed by atoms with van der Waals surface area (Å²) < 4.78 is 17.4. The monoisotopic (exact) mass is 521 g/mol. The lowest BCUT2D eigenvalue weighted by Crippen LogP contribution is -2.63. The van der Waals surface area contributed by atoms with Gasteiger partial charge in [0.05, 0.1) is 43.0 Å². The van der Waals surface area contributed by atoms with E-state index in [0.29, 0.717) is 36.7 Å². The molecule has 8 heteroatoms. The largest absolute Gasteiger partial charge is 0.465 e. The van der Waals surface area contributed by atoms with Crippen molar-refractivity contribution in [1.29, 1.82) is 0 Å². The third kappa shape index (κ3) is 3.87. The van der Waals surface area contributed by atoms with Crippen LogP contribution in [0.25, 0.3) is 0 Å². The van der Waals surface area contributed by atoms with Gasteiger partial charge in [-0.1, -0.05) is 13.8 Å². The van der Waals surface area contributed by atoms with E-state index in [1.165, 1.54) is 0 Å². The molecule has 8 nitrogen and oxygen atoms in total. The summed E-state index contributed by atoms with van der Waals surface area (Å²) in [5.41, 5.74) is 5.37. The Bertz CT molecular complexity index is 901. The number of carbonyl (C=O) groups is 1. The molecule has 6 aliphatic rings. The third-order valence-corrected chi connectivity index (χ3v) is 12.6. The lowest BCUT2D eigenvalue weighted by Gasteiger charge is -2.64. The first-order valence-corrected chi connectivity index (χ1v) is 14.8. The van der Waals surface area contributed by atoms with Crippen molar-refractivity contribution < 1.29 is 34.3 Å². The highest BCUT2D eigenvalue weighted by molar-refractivity contribution is 5.71. The van der Waals surface area contributed by atoms with E-state index in [-0.39, 0.29) is 28.8 Å². The Morgan fingerprint density at radius 2 is 1.73 bits per heavy atom. The van der Waals surface area contributed by atoms with Crippen LogP contribution in [0, 0.1) is 40.4 Å². The number of esters is 1. The zero-order chi connectivity index (χ0) is 26.3. The number of hydrogen-bond donors (Lipinski definition) is 4. The molecule has 0 amide bonds. The minimum absolute atomic E-state index is 0.00312. The van der Waals surface area contributed by atoms with Gasteiger partial charge in [0, 0.05) is 5.92 Å². The quantitative estimate of drug-likeness (QED) is 0.329. The summed E-state index contributed by atoms with van der Waals surface area (Å²) in [5.74, 6) is 1.83. The Morgan fingerprint density at radius 3 is 2.46 bits per heavy atom. The van der Waals surface area contributed by atoms with Gasteiger partial charge in [0.15, 0.2) is 6.29 Å². The molecule has 0 unspecified atom stereocenters. The van der Waals surface area contributed by atoms with Crippen molar-refractivity contribution in [1.82, 2.24) is 0 Å². The molecule has 0 bridgehead atoms. The Labute approximate surface area is 220 Å². The lowest BCUT2D eigenvalue weighted by atomic mass is 9.43. The molecule has 5 N–H and O–H groups in total. The van der Waals surface area contributed by atoms with E-state index in [1.807, 2.05) is 0 Å². The molecule has 0 aromatic rings. The Hall–Kier alpha value is -0.770. The van der Waals surface area contributed by atoms with Crippen LogP contribution in [-0.2, 0) is 19.0 Å². The van der Waals surface area contributed by atoms with Crippen LogP contribution in [0.4, 0.5) is 0 Å². The van der Waals surface area contributed by atoms with Crippen molar-refractivity contribution in [3.05, 3.63) is 0 Å². The van der Waals surface area contributed by atoms with E-state index in [0.717, 1.165) is 57.8 Å². The highest BCUT2D eigenvalue weighted by Gasteiger charge is 2.68. The molecule has 0 aromatic heterocycles. The molecule has 210 valence electrons. The predicted molar refractivity (Wildman–Crippen MR) is 135 cm³/mol. The van der Waals surface area contributed by atoms with Crippen molar-refractivity contribution in [3.8, 4) is 0 Å². The number of nitrogens with two attached hydrogens (primary N) is 1. The number of hydrogen-bond acceptors (Lipinski definition) is 8.